The molecule has 4 rings (SSSR count). The van der Waals surface area contributed by atoms with Gasteiger partial charge in [-0.15, -0.1) is 6.58 Å². The van der Waals surface area contributed by atoms with Gasteiger partial charge in [-0.1, -0.05) is 97.1 Å². The predicted molar refractivity (Wildman–Crippen MR) is 130 cm³/mol. The summed E-state index contributed by atoms with van der Waals surface area (Å²) >= 11 is 0. The molecule has 34 heavy (non-hydrogen) atoms. The third kappa shape index (κ3) is 6.49. The zero-order valence-electron chi connectivity index (χ0n) is 19.1. The Labute approximate surface area is 200 Å². The lowest BCUT2D eigenvalue weighted by atomic mass is 9.96. The van der Waals surface area contributed by atoms with Crippen LogP contribution in [0.3, 0.4) is 0 Å². The summed E-state index contributed by atoms with van der Waals surface area (Å²) in [5.74, 6) is -0.191. The first-order valence-corrected chi connectivity index (χ1v) is 11.5. The van der Waals surface area contributed by atoms with E-state index in [0.717, 1.165) is 16.7 Å². The molecule has 0 saturated carbocycles. The molecule has 1 saturated heterocycles. The van der Waals surface area contributed by atoms with Crippen molar-refractivity contribution in [1.82, 2.24) is 0 Å². The summed E-state index contributed by atoms with van der Waals surface area (Å²) in [7, 11) is 0. The van der Waals surface area contributed by atoms with Crippen molar-refractivity contribution >= 4 is 5.78 Å². The third-order valence-electron chi connectivity index (χ3n) is 5.71. The predicted octanol–water partition coefficient (Wildman–Crippen LogP) is 4.90. The molecule has 0 bridgehead atoms. The molecule has 1 heterocycles. The Morgan fingerprint density at radius 2 is 1.24 bits per heavy atom. The molecule has 0 N–H and O–H groups in total. The highest BCUT2D eigenvalue weighted by Gasteiger charge is 2.45. The van der Waals surface area contributed by atoms with Crippen molar-refractivity contribution in [2.75, 3.05) is 6.61 Å². The number of ketones is 1. The smallest absolute Gasteiger partial charge is 0.196 e. The Morgan fingerprint density at radius 3 is 1.76 bits per heavy atom. The number of Topliss-reactive ketones (excluding diaryl/α,β-unsaturated/α-hetero) is 1. The SMILES string of the molecule is C=CC1O[C@H](COCc2ccccc2)[C@@H](OCc2ccccc2)[C@H](OCc2ccccc2)C1=O. The van der Waals surface area contributed by atoms with Crippen LogP contribution in [-0.4, -0.2) is 36.8 Å². The van der Waals surface area contributed by atoms with Gasteiger partial charge in [-0.05, 0) is 16.7 Å². The molecule has 0 aliphatic carbocycles. The van der Waals surface area contributed by atoms with E-state index >= 15 is 0 Å². The number of hydrogen-bond acceptors (Lipinski definition) is 5. The molecule has 0 radical (unpaired) electrons. The molecule has 0 aromatic heterocycles. The number of carbonyl (C=O) groups is 1. The van der Waals surface area contributed by atoms with Gasteiger partial charge in [0.1, 0.15) is 24.4 Å². The van der Waals surface area contributed by atoms with Crippen LogP contribution in [0.25, 0.3) is 0 Å². The largest absolute Gasteiger partial charge is 0.374 e. The quantitative estimate of drug-likeness (QED) is 0.383. The van der Waals surface area contributed by atoms with E-state index in [4.69, 9.17) is 18.9 Å². The zero-order chi connectivity index (χ0) is 23.6. The Kier molecular flexibility index (Phi) is 8.77. The molecule has 1 unspecified atom stereocenters. The monoisotopic (exact) mass is 458 g/mol. The Morgan fingerprint density at radius 1 is 0.735 bits per heavy atom. The number of ether oxygens (including phenoxy) is 4. The lowest BCUT2D eigenvalue weighted by Gasteiger charge is -2.39. The standard InChI is InChI=1S/C29H30O5/c1-2-25-27(30)29(33-20-24-16-10-5-11-17-24)28(32-19-23-14-8-4-9-15-23)26(34-25)21-31-18-22-12-6-3-7-13-22/h2-17,25-26,28-29H,1,18-21H2/t25?,26-,28-,29-/m1/s1. The summed E-state index contributed by atoms with van der Waals surface area (Å²) in [6.07, 6.45) is -1.18. The van der Waals surface area contributed by atoms with E-state index in [2.05, 4.69) is 6.58 Å². The molecule has 0 amide bonds. The Hall–Kier alpha value is -3.09. The van der Waals surface area contributed by atoms with Crippen LogP contribution < -0.4 is 0 Å². The molecular formula is C29H30O5. The molecule has 0 spiro atoms. The fourth-order valence-electron chi connectivity index (χ4n) is 3.92. The van der Waals surface area contributed by atoms with Crippen LogP contribution in [0, 0.1) is 0 Å². The van der Waals surface area contributed by atoms with Crippen molar-refractivity contribution in [2.45, 2.75) is 44.2 Å². The van der Waals surface area contributed by atoms with Gasteiger partial charge in [0.15, 0.2) is 5.78 Å². The van der Waals surface area contributed by atoms with Crippen LogP contribution in [0.15, 0.2) is 104 Å². The lowest BCUT2D eigenvalue weighted by molar-refractivity contribution is -0.208. The second-order valence-electron chi connectivity index (χ2n) is 8.21. The van der Waals surface area contributed by atoms with Gasteiger partial charge in [-0.25, -0.2) is 0 Å². The molecule has 5 nitrogen and oxygen atoms in total. The van der Waals surface area contributed by atoms with Gasteiger partial charge in [-0.2, -0.15) is 0 Å². The number of carbonyl (C=O) groups excluding carboxylic acids is 1. The highest BCUT2D eigenvalue weighted by Crippen LogP contribution is 2.26. The summed E-state index contributed by atoms with van der Waals surface area (Å²) in [6.45, 7) is 5.12. The Balaban J connectivity index is 1.50. The van der Waals surface area contributed by atoms with Gasteiger partial charge in [0, 0.05) is 0 Å². The third-order valence-corrected chi connectivity index (χ3v) is 5.71. The van der Waals surface area contributed by atoms with E-state index in [-0.39, 0.29) is 12.4 Å². The van der Waals surface area contributed by atoms with Crippen LogP contribution in [0.2, 0.25) is 0 Å². The normalized spacial score (nSPS) is 22.4. The van der Waals surface area contributed by atoms with Crippen LogP contribution >= 0.6 is 0 Å². The van der Waals surface area contributed by atoms with Crippen molar-refractivity contribution in [1.29, 1.82) is 0 Å². The molecule has 176 valence electrons. The maximum Gasteiger partial charge on any atom is 0.196 e. The minimum absolute atomic E-state index is 0.191. The first-order valence-electron chi connectivity index (χ1n) is 11.5. The lowest BCUT2D eigenvalue weighted by Crippen LogP contribution is -2.57. The summed E-state index contributed by atoms with van der Waals surface area (Å²) in [4.78, 5) is 13.2. The van der Waals surface area contributed by atoms with Crippen molar-refractivity contribution in [3.8, 4) is 0 Å². The van der Waals surface area contributed by atoms with Crippen molar-refractivity contribution in [3.63, 3.8) is 0 Å². The molecule has 1 aliphatic rings. The minimum Gasteiger partial charge on any atom is -0.374 e. The molecule has 1 fully saturated rings. The number of benzene rings is 3. The van der Waals surface area contributed by atoms with E-state index in [1.165, 1.54) is 6.08 Å². The molecule has 3 aromatic rings. The van der Waals surface area contributed by atoms with Crippen LogP contribution in [0.1, 0.15) is 16.7 Å². The van der Waals surface area contributed by atoms with Crippen LogP contribution in [0.5, 0.6) is 0 Å². The number of hydrogen-bond donors (Lipinski definition) is 0. The first kappa shape index (κ1) is 24.0. The van der Waals surface area contributed by atoms with E-state index in [1.807, 2.05) is 91.0 Å². The molecule has 5 heteroatoms. The summed E-state index contributed by atoms with van der Waals surface area (Å²) in [5, 5.41) is 0. The van der Waals surface area contributed by atoms with Crippen molar-refractivity contribution in [3.05, 3.63) is 120 Å². The molecule has 3 aromatic carbocycles. The highest BCUT2D eigenvalue weighted by molar-refractivity contribution is 5.90. The Bertz CT molecular complexity index is 1020. The second-order valence-corrected chi connectivity index (χ2v) is 8.21. The van der Waals surface area contributed by atoms with Gasteiger partial charge in [0.2, 0.25) is 0 Å². The molecule has 1 aliphatic heterocycles. The van der Waals surface area contributed by atoms with Gasteiger partial charge >= 0.3 is 0 Å². The van der Waals surface area contributed by atoms with E-state index in [0.29, 0.717) is 19.8 Å². The maximum atomic E-state index is 13.2. The molecular weight excluding hydrogens is 428 g/mol. The summed E-state index contributed by atoms with van der Waals surface area (Å²) in [5.41, 5.74) is 3.05. The second kappa shape index (κ2) is 12.4. The van der Waals surface area contributed by atoms with E-state index in [1.54, 1.807) is 0 Å². The van der Waals surface area contributed by atoms with E-state index in [9.17, 15) is 4.79 Å². The zero-order valence-corrected chi connectivity index (χ0v) is 19.1. The van der Waals surface area contributed by atoms with Crippen LogP contribution in [-0.2, 0) is 43.6 Å². The van der Waals surface area contributed by atoms with Gasteiger partial charge in [0.25, 0.3) is 0 Å². The first-order chi connectivity index (χ1) is 16.7. The van der Waals surface area contributed by atoms with Gasteiger partial charge < -0.3 is 18.9 Å². The van der Waals surface area contributed by atoms with Crippen molar-refractivity contribution in [2.24, 2.45) is 0 Å². The van der Waals surface area contributed by atoms with Gasteiger partial charge in [-0.3, -0.25) is 4.79 Å². The summed E-state index contributed by atoms with van der Waals surface area (Å²) in [6, 6.07) is 29.5. The fraction of sp³-hybridized carbons (Fsp3) is 0.276. The van der Waals surface area contributed by atoms with Gasteiger partial charge in [0.05, 0.1) is 26.4 Å². The maximum absolute atomic E-state index is 13.2. The highest BCUT2D eigenvalue weighted by atomic mass is 16.6. The van der Waals surface area contributed by atoms with Crippen LogP contribution in [0.4, 0.5) is 0 Å². The fourth-order valence-corrected chi connectivity index (χ4v) is 3.92. The minimum atomic E-state index is -0.800. The summed E-state index contributed by atoms with van der Waals surface area (Å²) < 4.78 is 24.5. The topological polar surface area (TPSA) is 54.0 Å². The average Bonchev–Trinajstić information content (AvgIpc) is 2.89. The van der Waals surface area contributed by atoms with E-state index < -0.39 is 24.4 Å². The average molecular weight is 459 g/mol. The number of rotatable bonds is 11. The van der Waals surface area contributed by atoms with Crippen molar-refractivity contribution < 1.29 is 23.7 Å². The molecule has 4 atom stereocenters.